The fraction of sp³-hybridized carbons (Fsp3) is 0.619. The first-order chi connectivity index (χ1) is 13.0. The highest BCUT2D eigenvalue weighted by Crippen LogP contribution is 2.29. The first-order valence-electron chi connectivity index (χ1n) is 9.82. The van der Waals surface area contributed by atoms with Crippen molar-refractivity contribution in [3.05, 3.63) is 23.8 Å². The zero-order valence-electron chi connectivity index (χ0n) is 17.1. The number of hydrogen-bond donors (Lipinski definition) is 0. The van der Waals surface area contributed by atoms with Gasteiger partial charge in [-0.05, 0) is 43.6 Å². The van der Waals surface area contributed by atoms with Crippen molar-refractivity contribution < 1.29 is 23.8 Å². The number of hydrogen-bond acceptors (Lipinski definition) is 6. The lowest BCUT2D eigenvalue weighted by atomic mass is 10.1. The van der Waals surface area contributed by atoms with Crippen molar-refractivity contribution in [2.45, 2.75) is 47.0 Å². The smallest absolute Gasteiger partial charge is 0.310 e. The number of rotatable bonds is 14. The van der Waals surface area contributed by atoms with Gasteiger partial charge in [0.2, 0.25) is 0 Å². The minimum absolute atomic E-state index is 0.00310. The quantitative estimate of drug-likeness (QED) is 0.462. The van der Waals surface area contributed by atoms with E-state index in [-0.39, 0.29) is 24.8 Å². The predicted molar refractivity (Wildman–Crippen MR) is 105 cm³/mol. The van der Waals surface area contributed by atoms with Crippen LogP contribution in [-0.2, 0) is 20.7 Å². The Morgan fingerprint density at radius 3 is 2.26 bits per heavy atom. The highest BCUT2D eigenvalue weighted by atomic mass is 16.5. The van der Waals surface area contributed by atoms with Gasteiger partial charge in [0.1, 0.15) is 6.61 Å². The molecule has 152 valence electrons. The van der Waals surface area contributed by atoms with Crippen LogP contribution >= 0.6 is 0 Å². The molecular weight excluding hydrogens is 346 g/mol. The summed E-state index contributed by atoms with van der Waals surface area (Å²) in [7, 11) is 0. The van der Waals surface area contributed by atoms with Crippen LogP contribution in [0.1, 0.15) is 46.1 Å². The normalized spacial score (nSPS) is 10.7. The zero-order chi connectivity index (χ0) is 20.1. The summed E-state index contributed by atoms with van der Waals surface area (Å²) in [6.45, 7) is 11.0. The van der Waals surface area contributed by atoms with E-state index in [2.05, 4.69) is 0 Å². The molecule has 0 bridgehead atoms. The van der Waals surface area contributed by atoms with Crippen LogP contribution < -0.4 is 9.47 Å². The molecule has 0 atom stereocenters. The molecule has 6 nitrogen and oxygen atoms in total. The lowest BCUT2D eigenvalue weighted by Crippen LogP contribution is -2.32. The largest absolute Gasteiger partial charge is 0.490 e. The molecule has 1 aromatic carbocycles. The SMILES string of the molecule is CCCOC(=O)Cc1ccc(OCC(=O)CN(CC)CC)c(OCCC)c1. The van der Waals surface area contributed by atoms with E-state index in [1.165, 1.54) is 0 Å². The van der Waals surface area contributed by atoms with Gasteiger partial charge in [-0.2, -0.15) is 0 Å². The van der Waals surface area contributed by atoms with Crippen molar-refractivity contribution in [3.8, 4) is 11.5 Å². The fourth-order valence-corrected chi connectivity index (χ4v) is 2.44. The van der Waals surface area contributed by atoms with E-state index in [1.807, 2.05) is 32.6 Å². The summed E-state index contributed by atoms with van der Waals surface area (Å²) in [5.74, 6) is 0.823. The number of nitrogens with zero attached hydrogens (tertiary/aromatic N) is 1. The van der Waals surface area contributed by atoms with E-state index >= 15 is 0 Å². The van der Waals surface area contributed by atoms with E-state index in [1.54, 1.807) is 18.2 Å². The first-order valence-corrected chi connectivity index (χ1v) is 9.82. The van der Waals surface area contributed by atoms with Gasteiger partial charge in [-0.25, -0.2) is 0 Å². The van der Waals surface area contributed by atoms with Gasteiger partial charge in [0.05, 0.1) is 26.2 Å². The monoisotopic (exact) mass is 379 g/mol. The molecule has 0 heterocycles. The Labute approximate surface area is 162 Å². The van der Waals surface area contributed by atoms with Gasteiger partial charge < -0.3 is 14.2 Å². The van der Waals surface area contributed by atoms with E-state index < -0.39 is 0 Å². The second kappa shape index (κ2) is 13.1. The maximum atomic E-state index is 12.1. The van der Waals surface area contributed by atoms with Crippen LogP contribution in [0.2, 0.25) is 0 Å². The molecule has 0 aliphatic rings. The molecule has 0 fully saturated rings. The predicted octanol–water partition coefficient (Wildman–Crippen LogP) is 3.26. The van der Waals surface area contributed by atoms with Crippen molar-refractivity contribution in [3.63, 3.8) is 0 Å². The summed E-state index contributed by atoms with van der Waals surface area (Å²) in [5.41, 5.74) is 0.795. The van der Waals surface area contributed by atoms with E-state index in [4.69, 9.17) is 14.2 Å². The molecule has 0 radical (unpaired) electrons. The summed E-state index contributed by atoms with van der Waals surface area (Å²) < 4.78 is 16.6. The average molecular weight is 379 g/mol. The van der Waals surface area contributed by atoms with Crippen molar-refractivity contribution in [1.29, 1.82) is 0 Å². The maximum Gasteiger partial charge on any atom is 0.310 e. The van der Waals surface area contributed by atoms with Crippen molar-refractivity contribution in [2.24, 2.45) is 0 Å². The number of likely N-dealkylation sites (N-methyl/N-ethyl adjacent to an activating group) is 1. The molecule has 1 rings (SSSR count). The van der Waals surface area contributed by atoms with Gasteiger partial charge in [-0.1, -0.05) is 33.8 Å². The molecular formula is C21H33NO5. The highest BCUT2D eigenvalue weighted by molar-refractivity contribution is 5.82. The summed E-state index contributed by atoms with van der Waals surface area (Å²) in [6.07, 6.45) is 1.83. The van der Waals surface area contributed by atoms with Crippen LogP contribution in [0.3, 0.4) is 0 Å². The third-order valence-electron chi connectivity index (χ3n) is 3.97. The molecule has 6 heteroatoms. The van der Waals surface area contributed by atoms with Gasteiger partial charge in [0.15, 0.2) is 17.3 Å². The summed E-state index contributed by atoms with van der Waals surface area (Å²) >= 11 is 0. The number of esters is 1. The Morgan fingerprint density at radius 2 is 1.63 bits per heavy atom. The fourth-order valence-electron chi connectivity index (χ4n) is 2.44. The summed E-state index contributed by atoms with van der Waals surface area (Å²) in [6, 6.07) is 5.33. The number of carbonyl (C=O) groups excluding carboxylic acids is 2. The maximum absolute atomic E-state index is 12.1. The Bertz CT molecular complexity index is 584. The summed E-state index contributed by atoms with van der Waals surface area (Å²) in [4.78, 5) is 26.0. The third-order valence-corrected chi connectivity index (χ3v) is 3.97. The molecule has 0 aromatic heterocycles. The van der Waals surface area contributed by atoms with Crippen LogP contribution in [0.15, 0.2) is 18.2 Å². The standard InChI is InChI=1S/C21H33NO5/c1-5-11-25-20-13-17(14-21(24)26-12-6-2)9-10-19(20)27-16-18(23)15-22(7-3)8-4/h9-10,13H,5-8,11-12,14-16H2,1-4H3. The number of benzene rings is 1. The lowest BCUT2D eigenvalue weighted by molar-refractivity contribution is -0.142. The molecule has 27 heavy (non-hydrogen) atoms. The molecule has 0 saturated heterocycles. The van der Waals surface area contributed by atoms with Crippen LogP contribution in [0.4, 0.5) is 0 Å². The van der Waals surface area contributed by atoms with Gasteiger partial charge in [-0.15, -0.1) is 0 Å². The molecule has 0 amide bonds. The second-order valence-electron chi connectivity index (χ2n) is 6.32. The highest BCUT2D eigenvalue weighted by Gasteiger charge is 2.13. The van der Waals surface area contributed by atoms with Crippen molar-refractivity contribution in [2.75, 3.05) is 39.5 Å². The van der Waals surface area contributed by atoms with Crippen LogP contribution in [-0.4, -0.2) is 56.1 Å². The van der Waals surface area contributed by atoms with Crippen molar-refractivity contribution in [1.82, 2.24) is 4.90 Å². The topological polar surface area (TPSA) is 65.1 Å². The average Bonchev–Trinajstić information content (AvgIpc) is 2.67. The molecule has 0 saturated carbocycles. The Morgan fingerprint density at radius 1 is 0.926 bits per heavy atom. The number of Topliss-reactive ketones (excluding diaryl/α,β-unsaturated/α-hetero) is 1. The van der Waals surface area contributed by atoms with E-state index in [0.717, 1.165) is 31.5 Å². The Kier molecular flexibility index (Phi) is 11.2. The molecule has 1 aromatic rings. The van der Waals surface area contributed by atoms with Gasteiger partial charge in [-0.3, -0.25) is 14.5 Å². The van der Waals surface area contributed by atoms with E-state index in [0.29, 0.717) is 31.3 Å². The summed E-state index contributed by atoms with van der Waals surface area (Å²) in [5, 5.41) is 0. The first kappa shape index (κ1) is 23.0. The molecule has 0 unspecified atom stereocenters. The lowest BCUT2D eigenvalue weighted by Gasteiger charge is -2.17. The Hall–Kier alpha value is -2.08. The Balaban J connectivity index is 2.74. The molecule has 0 N–H and O–H groups in total. The molecule has 0 spiro atoms. The van der Waals surface area contributed by atoms with Gasteiger partial charge in [0, 0.05) is 0 Å². The molecule has 0 aliphatic heterocycles. The number of ketones is 1. The third kappa shape index (κ3) is 8.91. The van der Waals surface area contributed by atoms with Gasteiger partial charge >= 0.3 is 5.97 Å². The van der Waals surface area contributed by atoms with Crippen molar-refractivity contribution >= 4 is 11.8 Å². The zero-order valence-corrected chi connectivity index (χ0v) is 17.1. The second-order valence-corrected chi connectivity index (χ2v) is 6.32. The molecule has 0 aliphatic carbocycles. The number of carbonyl (C=O) groups is 2. The van der Waals surface area contributed by atoms with Crippen LogP contribution in [0.25, 0.3) is 0 Å². The minimum atomic E-state index is -0.263. The van der Waals surface area contributed by atoms with Crippen LogP contribution in [0.5, 0.6) is 11.5 Å². The van der Waals surface area contributed by atoms with E-state index in [9.17, 15) is 9.59 Å². The van der Waals surface area contributed by atoms with Gasteiger partial charge in [0.25, 0.3) is 0 Å². The minimum Gasteiger partial charge on any atom is -0.490 e. The number of ether oxygens (including phenoxy) is 3. The van der Waals surface area contributed by atoms with Crippen LogP contribution in [0, 0.1) is 0 Å².